The van der Waals surface area contributed by atoms with E-state index in [2.05, 4.69) is 35.4 Å². The molecule has 4 aromatic carbocycles. The van der Waals surface area contributed by atoms with Gasteiger partial charge in [0.25, 0.3) is 5.56 Å². The Labute approximate surface area is 406 Å². The van der Waals surface area contributed by atoms with Gasteiger partial charge < -0.3 is 45.7 Å². The van der Waals surface area contributed by atoms with Crippen molar-refractivity contribution < 1.29 is 43.2 Å². The SMILES string of the molecule is CC(=O)Cc1c(O)nc(Nc2ccc(OC(C)C)cc2)n(Cc2ccc(Cl)cc2)c1=O.CC(C)Oc1ccc(NC(N)=NCc2ccc(Cl)cc2)cc1.CCOC(=O)C(NC(C)=O)C(=O)OCC. The fourth-order valence-electron chi connectivity index (χ4n) is 5.73. The van der Waals surface area contributed by atoms with E-state index < -0.39 is 35.3 Å². The Bertz CT molecular complexity index is 2480. The molecule has 17 nitrogen and oxygen atoms in total. The van der Waals surface area contributed by atoms with Crippen LogP contribution in [0.25, 0.3) is 0 Å². The molecule has 19 heteroatoms. The molecular formula is C49H59Cl2N7O10. The number of nitrogens with zero attached hydrogens (tertiary/aromatic N) is 3. The Kier molecular flexibility index (Phi) is 22.9. The van der Waals surface area contributed by atoms with E-state index in [-0.39, 0.29) is 55.7 Å². The summed E-state index contributed by atoms with van der Waals surface area (Å²) in [4.78, 5) is 66.4. The van der Waals surface area contributed by atoms with E-state index in [9.17, 15) is 29.1 Å². The summed E-state index contributed by atoms with van der Waals surface area (Å²) >= 11 is 11.8. The number of nitrogens with two attached hydrogens (primary N) is 1. The Balaban J connectivity index is 0.000000290. The van der Waals surface area contributed by atoms with E-state index in [1.807, 2.05) is 76.2 Å². The van der Waals surface area contributed by atoms with Gasteiger partial charge >= 0.3 is 11.9 Å². The molecular weight excluding hydrogens is 917 g/mol. The largest absolute Gasteiger partial charge is 0.493 e. The Morgan fingerprint density at radius 2 is 1.21 bits per heavy atom. The van der Waals surface area contributed by atoms with Gasteiger partial charge in [0.15, 0.2) is 5.96 Å². The zero-order valence-corrected chi connectivity index (χ0v) is 40.8. The molecule has 1 heterocycles. The molecule has 364 valence electrons. The molecule has 5 aromatic rings. The zero-order valence-electron chi connectivity index (χ0n) is 39.3. The number of hydrogen-bond donors (Lipinski definition) is 5. The van der Waals surface area contributed by atoms with Gasteiger partial charge in [0, 0.05) is 34.8 Å². The van der Waals surface area contributed by atoms with Gasteiger partial charge in [0.1, 0.15) is 17.3 Å². The van der Waals surface area contributed by atoms with Crippen LogP contribution in [0, 0.1) is 0 Å². The summed E-state index contributed by atoms with van der Waals surface area (Å²) in [5, 5.41) is 19.9. The van der Waals surface area contributed by atoms with Crippen LogP contribution in [0.3, 0.4) is 0 Å². The first-order valence-corrected chi connectivity index (χ1v) is 22.3. The van der Waals surface area contributed by atoms with Crippen molar-refractivity contribution in [1.82, 2.24) is 14.9 Å². The summed E-state index contributed by atoms with van der Waals surface area (Å²) in [5.74, 6) is -0.763. The molecule has 5 rings (SSSR count). The first-order chi connectivity index (χ1) is 32.3. The summed E-state index contributed by atoms with van der Waals surface area (Å²) in [6.07, 6.45) is 0.0143. The van der Waals surface area contributed by atoms with Crippen molar-refractivity contribution in [2.45, 2.75) is 93.2 Å². The molecule has 1 amide bonds. The van der Waals surface area contributed by atoms with Gasteiger partial charge in [-0.15, -0.1) is 0 Å². The number of nitrogens with one attached hydrogen (secondary N) is 3. The monoisotopic (exact) mass is 975 g/mol. The first kappa shape index (κ1) is 55.2. The predicted octanol–water partition coefficient (Wildman–Crippen LogP) is 7.98. The molecule has 0 saturated carbocycles. The van der Waals surface area contributed by atoms with Crippen molar-refractivity contribution in [3.8, 4) is 17.4 Å². The molecule has 0 atom stereocenters. The Morgan fingerprint density at radius 1 is 0.735 bits per heavy atom. The van der Waals surface area contributed by atoms with E-state index in [1.54, 1.807) is 62.4 Å². The smallest absolute Gasteiger partial charge is 0.340 e. The second-order valence-corrected chi connectivity index (χ2v) is 16.1. The predicted molar refractivity (Wildman–Crippen MR) is 264 cm³/mol. The van der Waals surface area contributed by atoms with Crippen LogP contribution in [0.2, 0.25) is 10.0 Å². The van der Waals surface area contributed by atoms with Crippen molar-refractivity contribution in [3.05, 3.63) is 134 Å². The number of aromatic hydroxyl groups is 1. The normalized spacial score (nSPS) is 10.8. The van der Waals surface area contributed by atoms with Gasteiger partial charge in [-0.2, -0.15) is 4.98 Å². The number of anilines is 3. The fraction of sp³-hybridized carbons (Fsp3) is 0.327. The molecule has 0 spiro atoms. The third kappa shape index (κ3) is 19.8. The van der Waals surface area contributed by atoms with Gasteiger partial charge in [-0.1, -0.05) is 47.5 Å². The van der Waals surface area contributed by atoms with Crippen molar-refractivity contribution in [2.75, 3.05) is 23.8 Å². The number of benzene rings is 4. The minimum atomic E-state index is -1.37. The van der Waals surface area contributed by atoms with Crippen LogP contribution in [0.5, 0.6) is 17.4 Å². The first-order valence-electron chi connectivity index (χ1n) is 21.6. The van der Waals surface area contributed by atoms with Crippen molar-refractivity contribution >= 4 is 70.1 Å². The van der Waals surface area contributed by atoms with Crippen LogP contribution in [0.15, 0.2) is 107 Å². The number of aromatic nitrogens is 2. The Morgan fingerprint density at radius 3 is 1.65 bits per heavy atom. The van der Waals surface area contributed by atoms with Gasteiger partial charge in [-0.05, 0) is 132 Å². The number of rotatable bonds is 18. The molecule has 0 bridgehead atoms. The average Bonchev–Trinajstić information content (AvgIpc) is 3.27. The lowest BCUT2D eigenvalue weighted by Gasteiger charge is -2.16. The lowest BCUT2D eigenvalue weighted by atomic mass is 10.1. The number of Topliss-reactive ketones (excluding diaryl/α,β-unsaturated/α-hetero) is 1. The molecule has 0 aliphatic carbocycles. The highest BCUT2D eigenvalue weighted by Gasteiger charge is 2.30. The minimum absolute atomic E-state index is 0.0345. The number of carbonyl (C=O) groups is 4. The molecule has 0 fully saturated rings. The number of carbonyl (C=O) groups excluding carboxylic acids is 4. The van der Waals surface area contributed by atoms with Crippen LogP contribution in [-0.2, 0) is 48.2 Å². The van der Waals surface area contributed by atoms with Crippen LogP contribution >= 0.6 is 23.2 Å². The molecule has 0 aliphatic heterocycles. The lowest BCUT2D eigenvalue weighted by molar-refractivity contribution is -0.159. The topological polar surface area (TPSA) is 235 Å². The molecule has 0 unspecified atom stereocenters. The third-order valence-electron chi connectivity index (χ3n) is 8.64. The number of hydrogen-bond acceptors (Lipinski definition) is 13. The van der Waals surface area contributed by atoms with Gasteiger partial charge in [-0.25, -0.2) is 14.6 Å². The number of ether oxygens (including phenoxy) is 4. The quantitative estimate of drug-likeness (QED) is 0.0242. The van der Waals surface area contributed by atoms with Crippen LogP contribution in [0.4, 0.5) is 17.3 Å². The van der Waals surface area contributed by atoms with Crippen molar-refractivity contribution in [1.29, 1.82) is 0 Å². The maximum absolute atomic E-state index is 13.1. The van der Waals surface area contributed by atoms with Crippen LogP contribution in [0.1, 0.15) is 72.1 Å². The standard InChI is InChI=1S/C23H24ClN3O4.C17H20ClN3O.C9H15NO5/c1-14(2)31-19-10-8-18(9-11-19)25-23-26-21(29)20(12-15(3)28)22(30)27(23)13-16-4-6-17(24)7-5-16;1-12(2)22-16-9-7-15(8-10-16)21-17(19)20-11-13-3-5-14(18)6-4-13;1-4-14-8(12)7(10-6(3)11)9(13)15-5-2/h4-11,14,29H,12-13H2,1-3H3,(H,25,26);3-10,12H,11H2,1-2H3,(H3,19,20,21);7H,4-5H2,1-3H3,(H,10,11). The lowest BCUT2D eigenvalue weighted by Crippen LogP contribution is -2.47. The van der Waals surface area contributed by atoms with E-state index >= 15 is 0 Å². The molecule has 68 heavy (non-hydrogen) atoms. The minimum Gasteiger partial charge on any atom is -0.493 e. The number of aliphatic imine (C=N–C) groups is 1. The van der Waals surface area contributed by atoms with Gasteiger partial charge in [0.2, 0.25) is 23.8 Å². The summed E-state index contributed by atoms with van der Waals surface area (Å²) in [5.41, 5.74) is 8.76. The number of esters is 2. The van der Waals surface area contributed by atoms with Crippen molar-refractivity contribution in [3.63, 3.8) is 0 Å². The van der Waals surface area contributed by atoms with Crippen LogP contribution < -0.4 is 36.7 Å². The average molecular weight is 977 g/mol. The zero-order chi connectivity index (χ0) is 50.3. The van der Waals surface area contributed by atoms with E-state index in [1.165, 1.54) is 18.4 Å². The molecule has 0 radical (unpaired) electrons. The van der Waals surface area contributed by atoms with E-state index in [0.29, 0.717) is 34.0 Å². The summed E-state index contributed by atoms with van der Waals surface area (Å²) in [6.45, 7) is 14.6. The summed E-state index contributed by atoms with van der Waals surface area (Å²) in [7, 11) is 0. The maximum Gasteiger partial charge on any atom is 0.340 e. The highest BCUT2D eigenvalue weighted by molar-refractivity contribution is 6.30. The van der Waals surface area contributed by atoms with Crippen LogP contribution in [-0.4, -0.2) is 75.7 Å². The third-order valence-corrected chi connectivity index (χ3v) is 9.14. The molecule has 1 aromatic heterocycles. The number of guanidine groups is 1. The number of ketones is 1. The van der Waals surface area contributed by atoms with E-state index in [0.717, 1.165) is 22.6 Å². The second kappa shape index (κ2) is 28.2. The Hall–Kier alpha value is -7.11. The van der Waals surface area contributed by atoms with E-state index in [4.69, 9.17) is 38.4 Å². The van der Waals surface area contributed by atoms with Crippen molar-refractivity contribution in [2.24, 2.45) is 10.7 Å². The molecule has 6 N–H and O–H groups in total. The summed E-state index contributed by atoms with van der Waals surface area (Å²) < 4.78 is 21.9. The highest BCUT2D eigenvalue weighted by atomic mass is 35.5. The number of halogens is 2. The molecule has 0 aliphatic rings. The second-order valence-electron chi connectivity index (χ2n) is 15.2. The number of amides is 1. The highest BCUT2D eigenvalue weighted by Crippen LogP contribution is 2.23. The maximum atomic E-state index is 13.1. The summed E-state index contributed by atoms with van der Waals surface area (Å²) in [6, 6.07) is 28.0. The van der Waals surface area contributed by atoms with Gasteiger partial charge in [0.05, 0.1) is 44.1 Å². The fourth-order valence-corrected chi connectivity index (χ4v) is 5.98. The molecule has 0 saturated heterocycles. The van der Waals surface area contributed by atoms with Gasteiger partial charge in [-0.3, -0.25) is 19.0 Å².